The van der Waals surface area contributed by atoms with E-state index in [4.69, 9.17) is 10.4 Å². The zero-order valence-corrected chi connectivity index (χ0v) is 16.0. The van der Waals surface area contributed by atoms with Crippen LogP contribution in [0.25, 0.3) is 11.1 Å². The van der Waals surface area contributed by atoms with Crippen LogP contribution in [0.4, 0.5) is 11.4 Å². The summed E-state index contributed by atoms with van der Waals surface area (Å²) < 4.78 is 46.7. The van der Waals surface area contributed by atoms with Crippen LogP contribution in [0.5, 0.6) is 0 Å². The highest BCUT2D eigenvalue weighted by atomic mass is 32.2. The highest BCUT2D eigenvalue weighted by molar-refractivity contribution is 7.89. The number of sulfonamides is 1. The summed E-state index contributed by atoms with van der Waals surface area (Å²) in [5.74, 6) is 0. The highest BCUT2D eigenvalue weighted by Crippen LogP contribution is 2.34. The molecule has 0 spiro atoms. The summed E-state index contributed by atoms with van der Waals surface area (Å²) in [4.78, 5) is -0.269. The Bertz CT molecular complexity index is 1200. The Morgan fingerprint density at radius 1 is 0.964 bits per heavy atom. The lowest BCUT2D eigenvalue weighted by atomic mass is 10.0. The van der Waals surface area contributed by atoms with E-state index in [-0.39, 0.29) is 16.3 Å². The molecule has 0 saturated heterocycles. The van der Waals surface area contributed by atoms with Crippen molar-refractivity contribution >= 4 is 32.7 Å². The lowest BCUT2D eigenvalue weighted by molar-refractivity contribution is 0.564. The summed E-state index contributed by atoms with van der Waals surface area (Å²) >= 11 is -2.56. The van der Waals surface area contributed by atoms with Gasteiger partial charge in [0.05, 0.1) is 23.0 Å². The third kappa shape index (κ3) is 4.11. The van der Waals surface area contributed by atoms with Crippen molar-refractivity contribution in [3.63, 3.8) is 0 Å². The minimum atomic E-state index is -4.11. The minimum absolute atomic E-state index is 0.0197. The number of benzene rings is 3. The molecule has 3 N–H and O–H groups in total. The van der Waals surface area contributed by atoms with Crippen molar-refractivity contribution in [2.45, 2.75) is 4.90 Å². The van der Waals surface area contributed by atoms with E-state index in [1.54, 1.807) is 54.6 Å². The van der Waals surface area contributed by atoms with Gasteiger partial charge < -0.3 is 0 Å². The maximum atomic E-state index is 12.1. The van der Waals surface area contributed by atoms with E-state index < -0.39 is 21.3 Å². The third-order valence-electron chi connectivity index (χ3n) is 3.95. The first-order valence-corrected chi connectivity index (χ1v) is 10.6. The molecule has 3 rings (SSSR count). The van der Waals surface area contributed by atoms with E-state index in [1.807, 2.05) is 0 Å². The fraction of sp³-hybridized carbons (Fsp3) is 0. The predicted molar refractivity (Wildman–Crippen MR) is 107 cm³/mol. The fourth-order valence-electron chi connectivity index (χ4n) is 2.76. The van der Waals surface area contributed by atoms with Gasteiger partial charge in [0.15, 0.2) is 0 Å². The smallest absolute Gasteiger partial charge is 0.266 e. The summed E-state index contributed by atoms with van der Waals surface area (Å²) in [6, 6.07) is 21.3. The van der Waals surface area contributed by atoms with Gasteiger partial charge in [-0.3, -0.25) is 4.55 Å². The standard InChI is InChI=1S/C19H15N3O4S2/c20-13-14-5-3-6-15(11-14)16-7-4-8-17(12-16)22(27(23)24)18-9-1-2-10-19(18)28(21,25)26/h1-12H,(H,23,24)(H2,21,25,26). The first kappa shape index (κ1) is 19.7. The molecule has 3 aromatic rings. The summed E-state index contributed by atoms with van der Waals surface area (Å²) in [7, 11) is -4.11. The number of nitriles is 1. The Morgan fingerprint density at radius 3 is 2.25 bits per heavy atom. The molecule has 0 aliphatic heterocycles. The van der Waals surface area contributed by atoms with Crippen LogP contribution in [0.1, 0.15) is 5.56 Å². The Labute approximate surface area is 165 Å². The Hall–Kier alpha value is -3.03. The second-order valence-electron chi connectivity index (χ2n) is 5.78. The molecule has 0 aliphatic carbocycles. The molecule has 0 aliphatic rings. The van der Waals surface area contributed by atoms with Gasteiger partial charge in [-0.15, -0.1) is 0 Å². The zero-order chi connectivity index (χ0) is 20.3. The number of rotatable bonds is 5. The lowest BCUT2D eigenvalue weighted by Gasteiger charge is -2.22. The van der Waals surface area contributed by atoms with Crippen LogP contribution in [-0.4, -0.2) is 17.2 Å². The van der Waals surface area contributed by atoms with Gasteiger partial charge in [-0.05, 0) is 47.5 Å². The zero-order valence-electron chi connectivity index (χ0n) is 14.4. The Morgan fingerprint density at radius 2 is 1.61 bits per heavy atom. The van der Waals surface area contributed by atoms with Crippen LogP contribution >= 0.6 is 0 Å². The highest BCUT2D eigenvalue weighted by Gasteiger charge is 2.23. The van der Waals surface area contributed by atoms with Crippen LogP contribution in [0.3, 0.4) is 0 Å². The third-order valence-corrected chi connectivity index (χ3v) is 5.63. The molecular weight excluding hydrogens is 398 g/mol. The largest absolute Gasteiger partial charge is 0.289 e. The first-order chi connectivity index (χ1) is 13.3. The van der Waals surface area contributed by atoms with Gasteiger partial charge in [0.2, 0.25) is 10.0 Å². The van der Waals surface area contributed by atoms with Crippen LogP contribution < -0.4 is 9.44 Å². The van der Waals surface area contributed by atoms with E-state index in [2.05, 4.69) is 6.07 Å². The fourth-order valence-corrected chi connectivity index (χ4v) is 4.16. The SMILES string of the molecule is N#Cc1cccc(-c2cccc(N(c3ccccc3S(N)(=O)=O)S(=O)O)c2)c1. The number of para-hydroxylation sites is 1. The van der Waals surface area contributed by atoms with Gasteiger partial charge in [0, 0.05) is 0 Å². The second kappa shape index (κ2) is 7.92. The average molecular weight is 413 g/mol. The van der Waals surface area contributed by atoms with E-state index in [0.717, 1.165) is 9.87 Å². The van der Waals surface area contributed by atoms with Crippen molar-refractivity contribution in [2.24, 2.45) is 5.14 Å². The molecule has 0 fully saturated rings. The quantitative estimate of drug-likeness (QED) is 0.622. The van der Waals surface area contributed by atoms with Crippen LogP contribution in [0.2, 0.25) is 0 Å². The van der Waals surface area contributed by atoms with Crippen molar-refractivity contribution in [1.82, 2.24) is 0 Å². The van der Waals surface area contributed by atoms with E-state index in [1.165, 1.54) is 18.2 Å². The van der Waals surface area contributed by atoms with Gasteiger partial charge in [-0.2, -0.15) is 5.26 Å². The topological polar surface area (TPSA) is 124 Å². The molecule has 0 heterocycles. The normalized spacial score (nSPS) is 12.2. The van der Waals surface area contributed by atoms with Crippen LogP contribution in [0.15, 0.2) is 77.7 Å². The number of anilines is 2. The summed E-state index contributed by atoms with van der Waals surface area (Å²) in [6.07, 6.45) is 0. The Balaban J connectivity index is 2.16. The molecule has 0 saturated carbocycles. The molecule has 0 amide bonds. The molecule has 142 valence electrons. The molecule has 0 bridgehead atoms. The molecule has 0 aromatic heterocycles. The van der Waals surface area contributed by atoms with E-state index >= 15 is 0 Å². The average Bonchev–Trinajstić information content (AvgIpc) is 2.68. The van der Waals surface area contributed by atoms with Crippen molar-refractivity contribution in [1.29, 1.82) is 5.26 Å². The van der Waals surface area contributed by atoms with E-state index in [0.29, 0.717) is 11.1 Å². The maximum absolute atomic E-state index is 12.1. The summed E-state index contributed by atoms with van der Waals surface area (Å²) in [5, 5.41) is 14.3. The molecule has 3 aromatic carbocycles. The van der Waals surface area contributed by atoms with Crippen molar-refractivity contribution in [3.05, 3.63) is 78.4 Å². The minimum Gasteiger partial charge on any atom is -0.289 e. The van der Waals surface area contributed by atoms with Crippen molar-refractivity contribution in [2.75, 3.05) is 4.31 Å². The number of hydrogen-bond acceptors (Lipinski definition) is 4. The van der Waals surface area contributed by atoms with Crippen molar-refractivity contribution < 1.29 is 17.2 Å². The van der Waals surface area contributed by atoms with Crippen molar-refractivity contribution in [3.8, 4) is 17.2 Å². The van der Waals surface area contributed by atoms with Crippen LogP contribution in [0, 0.1) is 11.3 Å². The first-order valence-electron chi connectivity index (χ1n) is 7.95. The molecule has 28 heavy (non-hydrogen) atoms. The van der Waals surface area contributed by atoms with Gasteiger partial charge in [0.1, 0.15) is 4.90 Å². The Kier molecular flexibility index (Phi) is 5.58. The second-order valence-corrected chi connectivity index (χ2v) is 8.14. The molecule has 0 radical (unpaired) electrons. The predicted octanol–water partition coefficient (Wildman–Crippen LogP) is 3.15. The van der Waals surface area contributed by atoms with Crippen LogP contribution in [-0.2, 0) is 21.3 Å². The molecule has 9 heteroatoms. The summed E-state index contributed by atoms with van der Waals surface area (Å²) in [6.45, 7) is 0. The molecular formula is C19H15N3O4S2. The van der Waals surface area contributed by atoms with Gasteiger partial charge in [-0.25, -0.2) is 22.1 Å². The molecule has 1 atom stereocenters. The maximum Gasteiger partial charge on any atom is 0.266 e. The van der Waals surface area contributed by atoms with Gasteiger partial charge in [0.25, 0.3) is 11.3 Å². The molecule has 7 nitrogen and oxygen atoms in total. The van der Waals surface area contributed by atoms with Gasteiger partial charge in [-0.1, -0.05) is 36.4 Å². The number of hydrogen-bond donors (Lipinski definition) is 2. The summed E-state index contributed by atoms with van der Waals surface area (Å²) in [5.41, 5.74) is 2.18. The van der Waals surface area contributed by atoms with E-state index in [9.17, 15) is 17.2 Å². The lowest BCUT2D eigenvalue weighted by Crippen LogP contribution is -2.23. The molecule has 1 unspecified atom stereocenters. The number of nitrogens with zero attached hydrogens (tertiary/aromatic N) is 2. The number of nitrogens with two attached hydrogens (primary N) is 1. The monoisotopic (exact) mass is 413 g/mol. The van der Waals surface area contributed by atoms with Gasteiger partial charge >= 0.3 is 0 Å². The number of primary sulfonamides is 1.